The molecular weight excluding hydrogens is 446 g/mol. The summed E-state index contributed by atoms with van der Waals surface area (Å²) in [5, 5.41) is 18.1. The Hall–Kier alpha value is -1.63. The third-order valence-electron chi connectivity index (χ3n) is 11.2. The highest BCUT2D eigenvalue weighted by Crippen LogP contribution is 2.68. The minimum atomic E-state index is -1.10. The number of carbonyl (C=O) groups excluding carboxylic acids is 1. The molecule has 4 saturated carbocycles. The molecule has 0 amide bonds. The van der Waals surface area contributed by atoms with Gasteiger partial charge >= 0.3 is 17.9 Å². The molecule has 198 valence electrons. The highest BCUT2D eigenvalue weighted by atomic mass is 16.5. The molecule has 10 atom stereocenters. The summed E-state index contributed by atoms with van der Waals surface area (Å²) in [6.45, 7) is 7.26. The van der Waals surface area contributed by atoms with E-state index in [2.05, 4.69) is 20.8 Å². The maximum absolute atomic E-state index is 12.3. The van der Waals surface area contributed by atoms with E-state index in [4.69, 9.17) is 20.7 Å². The summed E-state index contributed by atoms with van der Waals surface area (Å²) in [5.41, 5.74) is 6.32. The first-order valence-corrected chi connectivity index (χ1v) is 13.9. The van der Waals surface area contributed by atoms with Gasteiger partial charge in [-0.05, 0) is 111 Å². The number of esters is 1. The molecule has 7 nitrogen and oxygen atoms in total. The van der Waals surface area contributed by atoms with Crippen LogP contribution in [0.1, 0.15) is 97.8 Å². The fourth-order valence-corrected chi connectivity index (χ4v) is 9.38. The molecule has 0 saturated heterocycles. The SMILES string of the molecule is C[C@H](CCC(=O)O)C1CC[C@H]2[C@@H]3CC[C@@H]4C[C@@H](OC(=O)[C@H](N)CC(=O)O)CC[C@]4(C)[C@H]3CC[C@]12C. The summed E-state index contributed by atoms with van der Waals surface area (Å²) < 4.78 is 5.68. The molecule has 0 radical (unpaired) electrons. The monoisotopic (exact) mass is 491 g/mol. The van der Waals surface area contributed by atoms with Crippen LogP contribution in [-0.2, 0) is 19.1 Å². The Kier molecular flexibility index (Phi) is 7.57. The van der Waals surface area contributed by atoms with Crippen LogP contribution >= 0.6 is 0 Å². The Morgan fingerprint density at radius 1 is 0.943 bits per heavy atom. The molecule has 0 heterocycles. The van der Waals surface area contributed by atoms with Crippen LogP contribution < -0.4 is 5.73 Å². The van der Waals surface area contributed by atoms with E-state index >= 15 is 0 Å². The number of ether oxygens (including phenoxy) is 1. The first kappa shape index (κ1) is 26.4. The predicted molar refractivity (Wildman–Crippen MR) is 131 cm³/mol. The number of fused-ring (bicyclic) bond motifs is 5. The minimum absolute atomic E-state index is 0.156. The van der Waals surface area contributed by atoms with Crippen molar-refractivity contribution in [3.05, 3.63) is 0 Å². The molecule has 0 aromatic carbocycles. The van der Waals surface area contributed by atoms with Crippen molar-refractivity contribution in [2.24, 2.45) is 52.1 Å². The molecule has 4 aliphatic rings. The summed E-state index contributed by atoms with van der Waals surface area (Å²) in [4.78, 5) is 34.3. The molecule has 4 aliphatic carbocycles. The maximum Gasteiger partial charge on any atom is 0.323 e. The lowest BCUT2D eigenvalue weighted by Crippen LogP contribution is -2.54. The third kappa shape index (κ3) is 4.99. The van der Waals surface area contributed by atoms with Crippen LogP contribution in [0.3, 0.4) is 0 Å². The van der Waals surface area contributed by atoms with Crippen molar-refractivity contribution < 1.29 is 29.3 Å². The van der Waals surface area contributed by atoms with Gasteiger partial charge in [0.15, 0.2) is 0 Å². The summed E-state index contributed by atoms with van der Waals surface area (Å²) in [6.07, 6.45) is 10.7. The second-order valence-electron chi connectivity index (χ2n) is 12.8. The van der Waals surface area contributed by atoms with Gasteiger partial charge in [-0.15, -0.1) is 0 Å². The van der Waals surface area contributed by atoms with Crippen molar-refractivity contribution in [3.8, 4) is 0 Å². The van der Waals surface area contributed by atoms with Crippen molar-refractivity contribution in [1.29, 1.82) is 0 Å². The molecule has 4 N–H and O–H groups in total. The maximum atomic E-state index is 12.3. The lowest BCUT2D eigenvalue weighted by Gasteiger charge is -2.61. The fraction of sp³-hybridized carbons (Fsp3) is 0.893. The van der Waals surface area contributed by atoms with Gasteiger partial charge in [0, 0.05) is 6.42 Å². The molecular formula is C28H45NO6. The van der Waals surface area contributed by atoms with E-state index in [0.29, 0.717) is 29.1 Å². The Bertz CT molecular complexity index is 830. The van der Waals surface area contributed by atoms with Gasteiger partial charge in [-0.1, -0.05) is 20.8 Å². The number of nitrogens with two attached hydrogens (primary N) is 1. The van der Waals surface area contributed by atoms with Crippen LogP contribution in [0.2, 0.25) is 0 Å². The highest BCUT2D eigenvalue weighted by Gasteiger charge is 2.60. The summed E-state index contributed by atoms with van der Waals surface area (Å²) in [5.74, 6) is 1.45. The van der Waals surface area contributed by atoms with Gasteiger partial charge in [0.25, 0.3) is 0 Å². The van der Waals surface area contributed by atoms with Crippen molar-refractivity contribution in [2.45, 2.75) is 110 Å². The van der Waals surface area contributed by atoms with E-state index in [1.807, 2.05) is 0 Å². The number of carbonyl (C=O) groups is 3. The fourth-order valence-electron chi connectivity index (χ4n) is 9.38. The zero-order valence-corrected chi connectivity index (χ0v) is 21.7. The van der Waals surface area contributed by atoms with Crippen molar-refractivity contribution in [3.63, 3.8) is 0 Å². The number of carboxylic acids is 2. The molecule has 4 rings (SSSR count). The number of aliphatic carboxylic acids is 2. The van der Waals surface area contributed by atoms with E-state index in [1.165, 1.54) is 38.5 Å². The molecule has 0 aromatic heterocycles. The third-order valence-corrected chi connectivity index (χ3v) is 11.2. The van der Waals surface area contributed by atoms with E-state index in [1.54, 1.807) is 0 Å². The van der Waals surface area contributed by atoms with Crippen LogP contribution in [0.15, 0.2) is 0 Å². The van der Waals surface area contributed by atoms with Crippen molar-refractivity contribution >= 4 is 17.9 Å². The quantitative estimate of drug-likeness (QED) is 0.414. The van der Waals surface area contributed by atoms with Gasteiger partial charge in [-0.3, -0.25) is 14.4 Å². The molecule has 0 aliphatic heterocycles. The summed E-state index contributed by atoms with van der Waals surface area (Å²) in [7, 11) is 0. The number of hydrogen-bond acceptors (Lipinski definition) is 5. The Morgan fingerprint density at radius 3 is 2.31 bits per heavy atom. The smallest absolute Gasteiger partial charge is 0.323 e. The predicted octanol–water partition coefficient (Wildman–Crippen LogP) is 4.86. The van der Waals surface area contributed by atoms with Gasteiger partial charge in [0.1, 0.15) is 12.1 Å². The second-order valence-corrected chi connectivity index (χ2v) is 12.8. The first-order chi connectivity index (χ1) is 16.5. The van der Waals surface area contributed by atoms with Crippen LogP contribution in [0.4, 0.5) is 0 Å². The first-order valence-electron chi connectivity index (χ1n) is 13.9. The molecule has 4 fully saturated rings. The van der Waals surface area contributed by atoms with E-state index in [-0.39, 0.29) is 17.9 Å². The average molecular weight is 492 g/mol. The molecule has 35 heavy (non-hydrogen) atoms. The molecule has 1 unspecified atom stereocenters. The zero-order valence-electron chi connectivity index (χ0n) is 21.7. The van der Waals surface area contributed by atoms with Crippen LogP contribution in [0.25, 0.3) is 0 Å². The molecule has 0 aromatic rings. The van der Waals surface area contributed by atoms with Crippen LogP contribution in [0.5, 0.6) is 0 Å². The minimum Gasteiger partial charge on any atom is -0.481 e. The highest BCUT2D eigenvalue weighted by molar-refractivity contribution is 5.81. The standard InChI is InChI=1S/C28H45NO6/c1-16(4-9-24(30)31)20-7-8-21-19-6-5-17-14-18(35-26(34)23(29)15-25(32)33)10-12-27(17,2)22(19)11-13-28(20,21)3/h16-23H,4-15,29H2,1-3H3,(H,30,31)(H,32,33)/t16-,17-,18+,19+,20?,21+,22+,23-,27+,28-/m1/s1. The summed E-state index contributed by atoms with van der Waals surface area (Å²) >= 11 is 0. The van der Waals surface area contributed by atoms with E-state index in [9.17, 15) is 14.4 Å². The van der Waals surface area contributed by atoms with Crippen molar-refractivity contribution in [1.82, 2.24) is 0 Å². The lowest BCUT2D eigenvalue weighted by atomic mass is 9.44. The largest absolute Gasteiger partial charge is 0.481 e. The topological polar surface area (TPSA) is 127 Å². The van der Waals surface area contributed by atoms with Crippen LogP contribution in [-0.4, -0.2) is 40.3 Å². The Morgan fingerprint density at radius 2 is 1.63 bits per heavy atom. The second kappa shape index (κ2) is 10.0. The van der Waals surface area contributed by atoms with E-state index < -0.39 is 30.4 Å². The van der Waals surface area contributed by atoms with E-state index in [0.717, 1.165) is 37.5 Å². The molecule has 0 bridgehead atoms. The van der Waals surface area contributed by atoms with Crippen LogP contribution in [0, 0.1) is 46.3 Å². The van der Waals surface area contributed by atoms with Gasteiger partial charge in [-0.25, -0.2) is 0 Å². The van der Waals surface area contributed by atoms with Gasteiger partial charge in [-0.2, -0.15) is 0 Å². The van der Waals surface area contributed by atoms with Crippen molar-refractivity contribution in [2.75, 3.05) is 0 Å². The van der Waals surface area contributed by atoms with Gasteiger partial charge < -0.3 is 20.7 Å². The van der Waals surface area contributed by atoms with Gasteiger partial charge in [0.05, 0.1) is 6.42 Å². The normalized spacial score (nSPS) is 42.2. The van der Waals surface area contributed by atoms with Gasteiger partial charge in [0.2, 0.25) is 0 Å². The summed E-state index contributed by atoms with van der Waals surface area (Å²) in [6, 6.07) is -1.10. The number of rotatable bonds is 8. The zero-order chi connectivity index (χ0) is 25.5. The Labute approximate surface area is 209 Å². The molecule has 0 spiro atoms. The Balaban J connectivity index is 1.40. The lowest BCUT2D eigenvalue weighted by molar-refractivity contribution is -0.165. The average Bonchev–Trinajstić information content (AvgIpc) is 3.14. The molecule has 7 heteroatoms. The number of hydrogen-bond donors (Lipinski definition) is 3. The number of carboxylic acid groups (broad SMARTS) is 2.